The van der Waals surface area contributed by atoms with E-state index in [-0.39, 0.29) is 12.2 Å². The predicted molar refractivity (Wildman–Crippen MR) is 78.4 cm³/mol. The van der Waals surface area contributed by atoms with E-state index in [0.29, 0.717) is 11.4 Å². The number of hydrogen-bond acceptors (Lipinski definition) is 5. The molecule has 1 aliphatic heterocycles. The van der Waals surface area contributed by atoms with Crippen LogP contribution in [-0.2, 0) is 17.7 Å². The fourth-order valence-electron chi connectivity index (χ4n) is 2.65. The van der Waals surface area contributed by atoms with Crippen molar-refractivity contribution in [3.63, 3.8) is 0 Å². The minimum Gasteiger partial charge on any atom is -0.477 e. The Balaban J connectivity index is 2.09. The standard InChI is InChI=1S/C14H22N2O3S/c1-4-5-11-13(14(17)18)20-12(15-11)8-16-6-9(2)19-10(3)7-16/h9-10H,4-8H2,1-3H3,(H,17,18). The van der Waals surface area contributed by atoms with E-state index in [4.69, 9.17) is 4.74 Å². The molecule has 2 atom stereocenters. The summed E-state index contributed by atoms with van der Waals surface area (Å²) in [6, 6.07) is 0. The number of carboxylic acids is 1. The number of hydrogen-bond donors (Lipinski definition) is 1. The molecule has 1 saturated heterocycles. The maximum absolute atomic E-state index is 11.2. The molecule has 5 nitrogen and oxygen atoms in total. The molecule has 0 amide bonds. The van der Waals surface area contributed by atoms with Crippen LogP contribution in [-0.4, -0.2) is 46.3 Å². The third kappa shape index (κ3) is 3.77. The molecule has 0 spiro atoms. The van der Waals surface area contributed by atoms with E-state index < -0.39 is 5.97 Å². The highest BCUT2D eigenvalue weighted by Crippen LogP contribution is 2.23. The maximum Gasteiger partial charge on any atom is 0.347 e. The van der Waals surface area contributed by atoms with E-state index in [1.165, 1.54) is 11.3 Å². The highest BCUT2D eigenvalue weighted by Gasteiger charge is 2.24. The van der Waals surface area contributed by atoms with Gasteiger partial charge >= 0.3 is 5.97 Å². The lowest BCUT2D eigenvalue weighted by molar-refractivity contribution is -0.0705. The van der Waals surface area contributed by atoms with Gasteiger partial charge in [-0.15, -0.1) is 11.3 Å². The lowest BCUT2D eigenvalue weighted by Crippen LogP contribution is -2.44. The number of nitrogens with zero attached hydrogens (tertiary/aromatic N) is 2. The topological polar surface area (TPSA) is 62.7 Å². The Bertz CT molecular complexity index is 465. The predicted octanol–water partition coefficient (Wildman–Crippen LogP) is 2.40. The first-order valence-electron chi connectivity index (χ1n) is 7.09. The molecule has 2 unspecified atom stereocenters. The van der Waals surface area contributed by atoms with Gasteiger partial charge in [-0.2, -0.15) is 0 Å². The molecule has 2 heterocycles. The molecular weight excluding hydrogens is 276 g/mol. The van der Waals surface area contributed by atoms with E-state index in [0.717, 1.165) is 36.6 Å². The van der Waals surface area contributed by atoms with Gasteiger partial charge in [0.1, 0.15) is 9.88 Å². The highest BCUT2D eigenvalue weighted by atomic mass is 32.1. The third-order valence-corrected chi connectivity index (χ3v) is 4.35. The molecule has 0 aliphatic carbocycles. The average molecular weight is 298 g/mol. The molecule has 1 aliphatic rings. The number of morpholine rings is 1. The van der Waals surface area contributed by atoms with Crippen molar-refractivity contribution in [1.29, 1.82) is 0 Å². The van der Waals surface area contributed by atoms with Crippen LogP contribution in [0.5, 0.6) is 0 Å². The second-order valence-electron chi connectivity index (χ2n) is 5.39. The average Bonchev–Trinajstić information content (AvgIpc) is 2.71. The van der Waals surface area contributed by atoms with E-state index in [1.807, 2.05) is 6.92 Å². The zero-order chi connectivity index (χ0) is 14.7. The molecule has 0 radical (unpaired) electrons. The minimum atomic E-state index is -0.860. The van der Waals surface area contributed by atoms with Crippen LogP contribution in [0.1, 0.15) is 47.6 Å². The number of carbonyl (C=O) groups is 1. The first-order valence-corrected chi connectivity index (χ1v) is 7.91. The molecule has 1 aromatic heterocycles. The molecule has 0 aromatic carbocycles. The van der Waals surface area contributed by atoms with Crippen molar-refractivity contribution < 1.29 is 14.6 Å². The van der Waals surface area contributed by atoms with E-state index in [1.54, 1.807) is 0 Å². The number of ether oxygens (including phenoxy) is 1. The molecule has 1 aromatic rings. The summed E-state index contributed by atoms with van der Waals surface area (Å²) in [5, 5.41) is 10.1. The number of aromatic nitrogens is 1. The van der Waals surface area contributed by atoms with Crippen molar-refractivity contribution in [1.82, 2.24) is 9.88 Å². The summed E-state index contributed by atoms with van der Waals surface area (Å²) in [5.41, 5.74) is 0.731. The number of thiazole rings is 1. The first kappa shape index (κ1) is 15.4. The zero-order valence-electron chi connectivity index (χ0n) is 12.3. The maximum atomic E-state index is 11.2. The largest absolute Gasteiger partial charge is 0.477 e. The Morgan fingerprint density at radius 1 is 1.45 bits per heavy atom. The summed E-state index contributed by atoms with van der Waals surface area (Å²) in [6.45, 7) is 8.62. The minimum absolute atomic E-state index is 0.216. The van der Waals surface area contributed by atoms with Crippen molar-refractivity contribution in [2.75, 3.05) is 13.1 Å². The number of carboxylic acid groups (broad SMARTS) is 1. The molecular formula is C14H22N2O3S. The van der Waals surface area contributed by atoms with Crippen molar-refractivity contribution in [2.24, 2.45) is 0 Å². The fourth-order valence-corrected chi connectivity index (χ4v) is 3.64. The van der Waals surface area contributed by atoms with Crippen LogP contribution >= 0.6 is 11.3 Å². The zero-order valence-corrected chi connectivity index (χ0v) is 13.1. The Morgan fingerprint density at radius 3 is 2.65 bits per heavy atom. The summed E-state index contributed by atoms with van der Waals surface area (Å²) in [7, 11) is 0. The van der Waals surface area contributed by atoms with Crippen LogP contribution in [0.3, 0.4) is 0 Å². The van der Waals surface area contributed by atoms with Crippen LogP contribution < -0.4 is 0 Å². The SMILES string of the molecule is CCCc1nc(CN2CC(C)OC(C)C2)sc1C(=O)O. The molecule has 20 heavy (non-hydrogen) atoms. The molecule has 112 valence electrons. The highest BCUT2D eigenvalue weighted by molar-refractivity contribution is 7.13. The Kier molecular flexibility index (Phi) is 5.12. The monoisotopic (exact) mass is 298 g/mol. The van der Waals surface area contributed by atoms with Gasteiger partial charge in [0.05, 0.1) is 24.4 Å². The van der Waals surface area contributed by atoms with Gasteiger partial charge in [-0.05, 0) is 20.3 Å². The van der Waals surface area contributed by atoms with Gasteiger partial charge < -0.3 is 9.84 Å². The Morgan fingerprint density at radius 2 is 2.10 bits per heavy atom. The lowest BCUT2D eigenvalue weighted by atomic mass is 10.2. The van der Waals surface area contributed by atoms with Crippen molar-refractivity contribution in [3.05, 3.63) is 15.6 Å². The van der Waals surface area contributed by atoms with E-state index in [2.05, 4.69) is 23.7 Å². The van der Waals surface area contributed by atoms with Crippen LogP contribution in [0, 0.1) is 0 Å². The second-order valence-corrected chi connectivity index (χ2v) is 6.47. The van der Waals surface area contributed by atoms with Gasteiger partial charge in [-0.1, -0.05) is 13.3 Å². The smallest absolute Gasteiger partial charge is 0.347 e. The van der Waals surface area contributed by atoms with Crippen molar-refractivity contribution in [3.8, 4) is 0 Å². The number of aryl methyl sites for hydroxylation is 1. The number of aromatic carboxylic acids is 1. The molecule has 1 fully saturated rings. The van der Waals surface area contributed by atoms with Gasteiger partial charge in [0.2, 0.25) is 0 Å². The van der Waals surface area contributed by atoms with Crippen molar-refractivity contribution in [2.45, 2.75) is 52.4 Å². The van der Waals surface area contributed by atoms with Gasteiger partial charge in [0, 0.05) is 13.1 Å². The van der Waals surface area contributed by atoms with Gasteiger partial charge in [0.25, 0.3) is 0 Å². The van der Waals surface area contributed by atoms with Crippen LogP contribution in [0.2, 0.25) is 0 Å². The van der Waals surface area contributed by atoms with E-state index >= 15 is 0 Å². The van der Waals surface area contributed by atoms with Crippen molar-refractivity contribution >= 4 is 17.3 Å². The summed E-state index contributed by atoms with van der Waals surface area (Å²) >= 11 is 1.31. The Labute approximate surface area is 123 Å². The van der Waals surface area contributed by atoms with Gasteiger partial charge in [-0.25, -0.2) is 9.78 Å². The van der Waals surface area contributed by atoms with Gasteiger partial charge in [0.15, 0.2) is 0 Å². The third-order valence-electron chi connectivity index (χ3n) is 3.28. The molecule has 0 bridgehead atoms. The Hall–Kier alpha value is -0.980. The molecule has 0 saturated carbocycles. The van der Waals surface area contributed by atoms with Gasteiger partial charge in [-0.3, -0.25) is 4.90 Å². The number of rotatable bonds is 5. The van der Waals surface area contributed by atoms with Crippen LogP contribution in [0.25, 0.3) is 0 Å². The van der Waals surface area contributed by atoms with Crippen LogP contribution in [0.4, 0.5) is 0 Å². The molecule has 2 rings (SSSR count). The fraction of sp³-hybridized carbons (Fsp3) is 0.714. The summed E-state index contributed by atoms with van der Waals surface area (Å²) in [6.07, 6.45) is 2.07. The summed E-state index contributed by atoms with van der Waals surface area (Å²) < 4.78 is 5.71. The normalized spacial score (nSPS) is 23.9. The molecule has 1 N–H and O–H groups in total. The van der Waals surface area contributed by atoms with E-state index in [9.17, 15) is 9.90 Å². The van der Waals surface area contributed by atoms with Crippen LogP contribution in [0.15, 0.2) is 0 Å². The quantitative estimate of drug-likeness (QED) is 0.904. The summed E-state index contributed by atoms with van der Waals surface area (Å²) in [4.78, 5) is 18.5. The first-order chi connectivity index (χ1) is 9.49. The molecule has 6 heteroatoms. The lowest BCUT2D eigenvalue weighted by Gasteiger charge is -2.34. The summed E-state index contributed by atoms with van der Waals surface area (Å²) in [5.74, 6) is -0.860. The second kappa shape index (κ2) is 6.65.